The summed E-state index contributed by atoms with van der Waals surface area (Å²) in [5.41, 5.74) is 5.86. The Morgan fingerprint density at radius 1 is 1.40 bits per heavy atom. The van der Waals surface area contributed by atoms with Gasteiger partial charge < -0.3 is 5.73 Å². The van der Waals surface area contributed by atoms with E-state index in [0.29, 0.717) is 22.1 Å². The van der Waals surface area contributed by atoms with Crippen molar-refractivity contribution in [2.75, 3.05) is 0 Å². The van der Waals surface area contributed by atoms with Crippen LogP contribution in [0.3, 0.4) is 0 Å². The molecule has 1 aromatic carbocycles. The fourth-order valence-electron chi connectivity index (χ4n) is 1.11. The average molecular weight is 288 g/mol. The van der Waals surface area contributed by atoms with Crippen molar-refractivity contribution in [1.82, 2.24) is 10.2 Å². The van der Waals surface area contributed by atoms with Gasteiger partial charge in [0.15, 0.2) is 5.01 Å². The molecule has 0 aliphatic carbocycles. The lowest BCUT2D eigenvalue weighted by Gasteiger charge is -1.98. The third-order valence-electron chi connectivity index (χ3n) is 1.80. The van der Waals surface area contributed by atoms with Crippen molar-refractivity contribution in [3.8, 4) is 10.6 Å². The van der Waals surface area contributed by atoms with E-state index in [1.807, 2.05) is 0 Å². The first-order valence-electron chi connectivity index (χ1n) is 4.18. The summed E-state index contributed by atoms with van der Waals surface area (Å²) in [6.07, 6.45) is 0. The average Bonchev–Trinajstić information content (AvgIpc) is 2.70. The van der Waals surface area contributed by atoms with Crippen LogP contribution in [0, 0.1) is 5.82 Å². The second-order valence-electron chi connectivity index (χ2n) is 2.83. The van der Waals surface area contributed by atoms with Gasteiger partial charge in [0.25, 0.3) is 0 Å². The van der Waals surface area contributed by atoms with Gasteiger partial charge in [-0.1, -0.05) is 27.3 Å². The lowest BCUT2D eigenvalue weighted by atomic mass is 10.2. The van der Waals surface area contributed by atoms with E-state index in [0.717, 1.165) is 4.47 Å². The first-order chi connectivity index (χ1) is 7.20. The summed E-state index contributed by atoms with van der Waals surface area (Å²) in [5.74, 6) is -0.307. The maximum atomic E-state index is 13.5. The van der Waals surface area contributed by atoms with Crippen LogP contribution in [0.2, 0.25) is 0 Å². The van der Waals surface area contributed by atoms with Crippen molar-refractivity contribution in [2.24, 2.45) is 5.73 Å². The zero-order valence-electron chi connectivity index (χ0n) is 7.58. The van der Waals surface area contributed by atoms with Crippen molar-refractivity contribution in [3.05, 3.63) is 33.5 Å². The number of hydrogen-bond donors (Lipinski definition) is 1. The van der Waals surface area contributed by atoms with Crippen LogP contribution >= 0.6 is 27.3 Å². The standard InChI is InChI=1S/C9H7BrFN3S/c10-5-1-2-7(11)6(3-5)9-14-13-8(4-12)15-9/h1-3H,4,12H2. The highest BCUT2D eigenvalue weighted by atomic mass is 79.9. The maximum absolute atomic E-state index is 13.5. The molecule has 3 nitrogen and oxygen atoms in total. The minimum absolute atomic E-state index is 0.307. The lowest BCUT2D eigenvalue weighted by molar-refractivity contribution is 0.630. The smallest absolute Gasteiger partial charge is 0.150 e. The Bertz CT molecular complexity index is 486. The molecule has 0 aliphatic rings. The van der Waals surface area contributed by atoms with Gasteiger partial charge in [0, 0.05) is 16.6 Å². The highest BCUT2D eigenvalue weighted by Gasteiger charge is 2.10. The summed E-state index contributed by atoms with van der Waals surface area (Å²) < 4.78 is 14.3. The van der Waals surface area contributed by atoms with E-state index in [1.54, 1.807) is 12.1 Å². The predicted molar refractivity (Wildman–Crippen MR) is 60.9 cm³/mol. The molecule has 0 aliphatic heterocycles. The molecule has 0 amide bonds. The molecule has 78 valence electrons. The Kier molecular flexibility index (Phi) is 3.08. The van der Waals surface area contributed by atoms with Crippen LogP contribution in [-0.2, 0) is 6.54 Å². The quantitative estimate of drug-likeness (QED) is 0.924. The summed E-state index contributed by atoms with van der Waals surface area (Å²) in [7, 11) is 0. The molecule has 1 heterocycles. The molecule has 15 heavy (non-hydrogen) atoms. The van der Waals surface area contributed by atoms with Crippen molar-refractivity contribution in [1.29, 1.82) is 0 Å². The Labute approximate surface area is 98.3 Å². The molecule has 0 fully saturated rings. The first kappa shape index (κ1) is 10.7. The number of nitrogens with two attached hydrogens (primary N) is 1. The van der Waals surface area contributed by atoms with E-state index in [1.165, 1.54) is 17.4 Å². The number of halogens is 2. The van der Waals surface area contributed by atoms with Gasteiger partial charge in [0.1, 0.15) is 10.8 Å². The van der Waals surface area contributed by atoms with Crippen LogP contribution in [0.4, 0.5) is 4.39 Å². The molecule has 2 N–H and O–H groups in total. The van der Waals surface area contributed by atoms with E-state index in [-0.39, 0.29) is 5.82 Å². The van der Waals surface area contributed by atoms with Gasteiger partial charge in [-0.3, -0.25) is 0 Å². The van der Waals surface area contributed by atoms with E-state index in [9.17, 15) is 4.39 Å². The molecule has 2 rings (SSSR count). The second kappa shape index (κ2) is 4.34. The summed E-state index contributed by atoms with van der Waals surface area (Å²) in [6, 6.07) is 4.71. The Morgan fingerprint density at radius 3 is 2.87 bits per heavy atom. The lowest BCUT2D eigenvalue weighted by Crippen LogP contribution is -1.94. The molecule has 0 unspecified atom stereocenters. The van der Waals surface area contributed by atoms with Crippen molar-refractivity contribution < 1.29 is 4.39 Å². The molecule has 0 spiro atoms. The van der Waals surface area contributed by atoms with Gasteiger partial charge in [0.2, 0.25) is 0 Å². The zero-order valence-corrected chi connectivity index (χ0v) is 9.98. The van der Waals surface area contributed by atoms with Crippen LogP contribution < -0.4 is 5.73 Å². The molecule has 0 bridgehead atoms. The number of rotatable bonds is 2. The SMILES string of the molecule is NCc1nnc(-c2cc(Br)ccc2F)s1. The minimum atomic E-state index is -0.307. The number of hydrogen-bond acceptors (Lipinski definition) is 4. The molecule has 2 aromatic rings. The van der Waals surface area contributed by atoms with Gasteiger partial charge in [-0.25, -0.2) is 4.39 Å². The molecule has 1 aromatic heterocycles. The third-order valence-corrected chi connectivity index (χ3v) is 3.27. The molecule has 0 atom stereocenters. The zero-order chi connectivity index (χ0) is 10.8. The van der Waals surface area contributed by atoms with Gasteiger partial charge in [-0.15, -0.1) is 10.2 Å². The second-order valence-corrected chi connectivity index (χ2v) is 4.81. The van der Waals surface area contributed by atoms with Gasteiger partial charge in [0.05, 0.1) is 0 Å². The van der Waals surface area contributed by atoms with Gasteiger partial charge >= 0.3 is 0 Å². The van der Waals surface area contributed by atoms with Gasteiger partial charge in [-0.05, 0) is 18.2 Å². The molecular weight excluding hydrogens is 281 g/mol. The van der Waals surface area contributed by atoms with E-state index in [2.05, 4.69) is 26.1 Å². The third kappa shape index (κ3) is 2.22. The van der Waals surface area contributed by atoms with Crippen LogP contribution in [0.5, 0.6) is 0 Å². The monoisotopic (exact) mass is 287 g/mol. The Hall–Kier alpha value is -0.850. The summed E-state index contributed by atoms with van der Waals surface area (Å²) in [4.78, 5) is 0. The highest BCUT2D eigenvalue weighted by Crippen LogP contribution is 2.28. The molecular formula is C9H7BrFN3S. The van der Waals surface area contributed by atoms with E-state index in [4.69, 9.17) is 5.73 Å². The Morgan fingerprint density at radius 2 is 2.20 bits per heavy atom. The molecule has 0 radical (unpaired) electrons. The van der Waals surface area contributed by atoms with Crippen LogP contribution in [0.25, 0.3) is 10.6 Å². The first-order valence-corrected chi connectivity index (χ1v) is 5.79. The van der Waals surface area contributed by atoms with Crippen molar-refractivity contribution in [3.63, 3.8) is 0 Å². The topological polar surface area (TPSA) is 51.8 Å². The van der Waals surface area contributed by atoms with Gasteiger partial charge in [-0.2, -0.15) is 0 Å². The Balaban J connectivity index is 2.48. The number of aromatic nitrogens is 2. The number of benzene rings is 1. The molecule has 0 saturated carbocycles. The van der Waals surface area contributed by atoms with Crippen LogP contribution in [-0.4, -0.2) is 10.2 Å². The summed E-state index contributed by atoms with van der Waals surface area (Å²) in [5, 5.41) is 8.98. The number of nitrogens with zero attached hydrogens (tertiary/aromatic N) is 2. The predicted octanol–water partition coefficient (Wildman–Crippen LogP) is 2.57. The fraction of sp³-hybridized carbons (Fsp3) is 0.111. The minimum Gasteiger partial charge on any atom is -0.324 e. The normalized spacial score (nSPS) is 10.6. The summed E-state index contributed by atoms with van der Waals surface area (Å²) in [6.45, 7) is 0.327. The molecule has 6 heteroatoms. The van der Waals surface area contributed by atoms with E-state index >= 15 is 0 Å². The fourth-order valence-corrected chi connectivity index (χ4v) is 2.20. The van der Waals surface area contributed by atoms with Crippen LogP contribution in [0.15, 0.2) is 22.7 Å². The van der Waals surface area contributed by atoms with Crippen molar-refractivity contribution in [2.45, 2.75) is 6.54 Å². The van der Waals surface area contributed by atoms with E-state index < -0.39 is 0 Å². The largest absolute Gasteiger partial charge is 0.324 e. The maximum Gasteiger partial charge on any atom is 0.150 e. The highest BCUT2D eigenvalue weighted by molar-refractivity contribution is 9.10. The van der Waals surface area contributed by atoms with Crippen molar-refractivity contribution >= 4 is 27.3 Å². The summed E-state index contributed by atoms with van der Waals surface area (Å²) >= 11 is 4.58. The van der Waals surface area contributed by atoms with Crippen LogP contribution in [0.1, 0.15) is 5.01 Å². The molecule has 0 saturated heterocycles.